The Morgan fingerprint density at radius 1 is 1.38 bits per heavy atom. The summed E-state index contributed by atoms with van der Waals surface area (Å²) < 4.78 is 1.47. The van der Waals surface area contributed by atoms with Crippen LogP contribution in [-0.4, -0.2) is 38.2 Å². The van der Waals surface area contributed by atoms with E-state index in [1.807, 2.05) is 0 Å². The molecule has 0 aliphatic carbocycles. The number of rotatable bonds is 0. The van der Waals surface area contributed by atoms with Crippen molar-refractivity contribution in [1.82, 2.24) is 0 Å². The first-order valence-electron chi connectivity index (χ1n) is 2.43. The van der Waals surface area contributed by atoms with Crippen molar-refractivity contribution in [3.8, 4) is 0 Å². The molecule has 0 aromatic heterocycles. The minimum absolute atomic E-state index is 0.702. The molecule has 0 saturated carbocycles. The molecule has 1 heterocycles. The van der Waals surface area contributed by atoms with Crippen LogP contribution < -0.4 is 0 Å². The molecular formula is C4H9S2Se2+. The van der Waals surface area contributed by atoms with Crippen molar-refractivity contribution in [2.45, 2.75) is 18.9 Å². The van der Waals surface area contributed by atoms with Crippen molar-refractivity contribution >= 4 is 55.2 Å². The van der Waals surface area contributed by atoms with Crippen LogP contribution in [0, 0.1) is 0 Å². The van der Waals surface area contributed by atoms with Crippen LogP contribution in [0.2, 0.25) is 10.6 Å². The van der Waals surface area contributed by atoms with Gasteiger partial charge in [0.25, 0.3) is 0 Å². The van der Waals surface area contributed by atoms with E-state index in [-0.39, 0.29) is 0 Å². The van der Waals surface area contributed by atoms with E-state index in [4.69, 9.17) is 0 Å². The van der Waals surface area contributed by atoms with Gasteiger partial charge in [-0.2, -0.15) is 0 Å². The summed E-state index contributed by atoms with van der Waals surface area (Å²) in [6.07, 6.45) is 0. The Hall–Kier alpha value is 1.74. The Kier molecular flexibility index (Phi) is 3.72. The van der Waals surface area contributed by atoms with Crippen LogP contribution in [0.25, 0.3) is 0 Å². The van der Waals surface area contributed by atoms with Crippen LogP contribution in [-0.2, 0) is 12.6 Å². The molecule has 4 heteroatoms. The van der Waals surface area contributed by atoms with Gasteiger partial charge in [0.15, 0.2) is 0 Å². The van der Waals surface area contributed by atoms with E-state index < -0.39 is 0 Å². The van der Waals surface area contributed by atoms with Gasteiger partial charge in [0, 0.05) is 0 Å². The number of thiol groups is 1. The molecule has 0 bridgehead atoms. The average Bonchev–Trinajstić information content (AvgIpc) is 1.77. The molecule has 48 valence electrons. The zero-order valence-electron chi connectivity index (χ0n) is 4.33. The predicted octanol–water partition coefficient (Wildman–Crippen LogP) is -0.162. The third-order valence-electron chi connectivity index (χ3n) is 0.928. The fourth-order valence-corrected chi connectivity index (χ4v) is 8.59. The first-order valence-corrected chi connectivity index (χ1v) is 7.92. The Bertz CT molecular complexity index is 68.4. The molecule has 2 atom stereocenters. The predicted molar refractivity (Wildman–Crippen MR) is 47.8 cm³/mol. The number of hydrogen-bond donors (Lipinski definition) is 1. The Morgan fingerprint density at radius 2 is 2.00 bits per heavy atom. The Balaban J connectivity index is 2.28. The molecule has 0 N–H and O–H groups in total. The van der Waals surface area contributed by atoms with Crippen molar-refractivity contribution in [2.24, 2.45) is 0 Å². The molecule has 1 aliphatic heterocycles. The van der Waals surface area contributed by atoms with Gasteiger partial charge in [-0.3, -0.25) is 0 Å². The summed E-state index contributed by atoms with van der Waals surface area (Å²) in [6.45, 7) is 0. The molecule has 8 heavy (non-hydrogen) atoms. The van der Waals surface area contributed by atoms with E-state index in [9.17, 15) is 0 Å². The zero-order chi connectivity index (χ0) is 5.98. The van der Waals surface area contributed by atoms with E-state index in [1.165, 1.54) is 10.6 Å². The van der Waals surface area contributed by atoms with Crippen molar-refractivity contribution in [3.63, 3.8) is 0 Å². The fourth-order valence-electron chi connectivity index (χ4n) is 0.514. The van der Waals surface area contributed by atoms with E-state index in [0.29, 0.717) is 4.15 Å². The quantitative estimate of drug-likeness (QED) is 0.355. The third-order valence-corrected chi connectivity index (χ3v) is 11.1. The van der Waals surface area contributed by atoms with Crippen molar-refractivity contribution < 1.29 is 0 Å². The van der Waals surface area contributed by atoms with Gasteiger partial charge in [-0.1, -0.05) is 0 Å². The van der Waals surface area contributed by atoms with Crippen molar-refractivity contribution in [1.29, 1.82) is 0 Å². The van der Waals surface area contributed by atoms with Crippen LogP contribution in [0.3, 0.4) is 0 Å². The van der Waals surface area contributed by atoms with Gasteiger partial charge < -0.3 is 0 Å². The average molecular weight is 279 g/mol. The molecule has 0 radical (unpaired) electrons. The number of hydrogen-bond acceptors (Lipinski definition) is 1. The fraction of sp³-hybridized carbons (Fsp3) is 1.00. The van der Waals surface area contributed by atoms with Crippen LogP contribution in [0.15, 0.2) is 0 Å². The van der Waals surface area contributed by atoms with Gasteiger partial charge in [0.05, 0.1) is 0 Å². The molecule has 2 unspecified atom stereocenters. The molecule has 0 aromatic carbocycles. The van der Waals surface area contributed by atoms with Crippen molar-refractivity contribution in [2.75, 3.05) is 0 Å². The standard InChI is InChI=1S/C4H8S2Se2/c5-3-4(6)8-2-1-7-3/h3-6H,1-2H2/p+1. The molecular weight excluding hydrogens is 270 g/mol. The first kappa shape index (κ1) is 7.84. The Morgan fingerprint density at radius 3 is 2.38 bits per heavy atom. The topological polar surface area (TPSA) is 0 Å². The van der Waals surface area contributed by atoms with Gasteiger partial charge in [0.2, 0.25) is 0 Å². The third kappa shape index (κ3) is 2.17. The van der Waals surface area contributed by atoms with E-state index in [0.717, 1.165) is 34.1 Å². The SMILES string of the molecule is SC1[Se]CC[Se]C1[SH2+]. The molecule has 0 spiro atoms. The zero-order valence-corrected chi connectivity index (χ0v) is 9.65. The maximum absolute atomic E-state index is 4.45. The molecule has 1 aliphatic rings. The van der Waals surface area contributed by atoms with E-state index in [2.05, 4.69) is 25.3 Å². The van der Waals surface area contributed by atoms with Crippen LogP contribution in [0.1, 0.15) is 0 Å². The summed E-state index contributed by atoms with van der Waals surface area (Å²) in [5.74, 6) is 0. The monoisotopic (exact) mass is 281 g/mol. The Labute approximate surface area is 73.7 Å². The second-order valence-corrected chi connectivity index (χ2v) is 9.70. The molecule has 0 nitrogen and oxygen atoms in total. The summed E-state index contributed by atoms with van der Waals surface area (Å²) in [5, 5.41) is 2.93. The summed E-state index contributed by atoms with van der Waals surface area (Å²) in [6, 6.07) is 0. The van der Waals surface area contributed by atoms with Gasteiger partial charge in [0.1, 0.15) is 0 Å². The van der Waals surface area contributed by atoms with Crippen LogP contribution in [0.5, 0.6) is 0 Å². The van der Waals surface area contributed by atoms with Gasteiger partial charge >= 0.3 is 74.1 Å². The normalized spacial score (nSPS) is 39.8. The molecule has 1 rings (SSSR count). The van der Waals surface area contributed by atoms with E-state index in [1.54, 1.807) is 0 Å². The summed E-state index contributed by atoms with van der Waals surface area (Å²) in [4.78, 5) is 0. The summed E-state index contributed by atoms with van der Waals surface area (Å²) in [5.41, 5.74) is 0. The van der Waals surface area contributed by atoms with Gasteiger partial charge in [-0.15, -0.1) is 0 Å². The second-order valence-electron chi connectivity index (χ2n) is 1.55. The van der Waals surface area contributed by atoms with Crippen molar-refractivity contribution in [3.05, 3.63) is 0 Å². The molecule has 0 aromatic rings. The summed E-state index contributed by atoms with van der Waals surface area (Å²) >= 11 is 9.77. The molecule has 1 saturated heterocycles. The van der Waals surface area contributed by atoms with Crippen LogP contribution in [0.4, 0.5) is 0 Å². The first-order chi connectivity index (χ1) is 3.80. The maximum atomic E-state index is 4.45. The van der Waals surface area contributed by atoms with Crippen LogP contribution >= 0.6 is 12.6 Å². The minimum atomic E-state index is 0.702. The second kappa shape index (κ2) is 3.80. The van der Waals surface area contributed by atoms with E-state index >= 15 is 0 Å². The molecule has 1 fully saturated rings. The van der Waals surface area contributed by atoms with Gasteiger partial charge in [-0.25, -0.2) is 0 Å². The van der Waals surface area contributed by atoms with Gasteiger partial charge in [-0.05, 0) is 0 Å². The summed E-state index contributed by atoms with van der Waals surface area (Å²) in [7, 11) is 0. The molecule has 0 amide bonds.